The molecule has 108 valence electrons. The average Bonchev–Trinajstić information content (AvgIpc) is 2.71. The van der Waals surface area contributed by atoms with Crippen molar-refractivity contribution < 1.29 is 4.79 Å². The summed E-state index contributed by atoms with van der Waals surface area (Å²) in [6, 6.07) is 7.98. The predicted molar refractivity (Wildman–Crippen MR) is 84.8 cm³/mol. The number of hydrogen-bond acceptors (Lipinski definition) is 3. The molecule has 1 aromatic heterocycles. The summed E-state index contributed by atoms with van der Waals surface area (Å²) in [4.78, 5) is 16.4. The maximum absolute atomic E-state index is 11.8. The number of aryl methyl sites for hydroxylation is 1. The summed E-state index contributed by atoms with van der Waals surface area (Å²) >= 11 is 1.65. The Balaban J connectivity index is 1.96. The number of aromatic nitrogens is 2. The van der Waals surface area contributed by atoms with E-state index in [1.54, 1.807) is 11.8 Å². The topological polar surface area (TPSA) is 46.9 Å². The van der Waals surface area contributed by atoms with Crippen molar-refractivity contribution in [3.05, 3.63) is 30.1 Å². The number of thioether (sulfide) groups is 1. The summed E-state index contributed by atoms with van der Waals surface area (Å²) in [5.41, 5.74) is 2.05. The number of carbonyl (C=O) groups excluding carboxylic acids is 1. The molecule has 0 fully saturated rings. The molecule has 4 nitrogen and oxygen atoms in total. The number of imidazole rings is 1. The van der Waals surface area contributed by atoms with E-state index in [9.17, 15) is 4.79 Å². The van der Waals surface area contributed by atoms with Gasteiger partial charge in [-0.3, -0.25) is 4.79 Å². The Bertz CT molecular complexity index is 613. The third kappa shape index (κ3) is 3.76. The third-order valence-corrected chi connectivity index (χ3v) is 4.23. The number of fused-ring (bicyclic) bond motifs is 1. The van der Waals surface area contributed by atoms with Crippen molar-refractivity contribution in [1.82, 2.24) is 14.9 Å². The van der Waals surface area contributed by atoms with Gasteiger partial charge in [-0.15, -0.1) is 11.8 Å². The summed E-state index contributed by atoms with van der Waals surface area (Å²) in [6.45, 7) is 6.79. The van der Waals surface area contributed by atoms with Gasteiger partial charge in [-0.25, -0.2) is 4.98 Å². The van der Waals surface area contributed by atoms with Crippen molar-refractivity contribution in [2.45, 2.75) is 32.1 Å². The van der Waals surface area contributed by atoms with Crippen molar-refractivity contribution in [2.75, 3.05) is 5.75 Å². The molecule has 0 atom stereocenters. The molecule has 2 rings (SSSR count). The summed E-state index contributed by atoms with van der Waals surface area (Å²) in [7, 11) is 1.97. The smallest absolute Gasteiger partial charge is 0.230 e. The van der Waals surface area contributed by atoms with E-state index in [1.807, 2.05) is 35.9 Å². The minimum Gasteiger partial charge on any atom is -0.348 e. The maximum atomic E-state index is 11.8. The van der Waals surface area contributed by atoms with Crippen LogP contribution in [0.25, 0.3) is 11.0 Å². The van der Waals surface area contributed by atoms with Gasteiger partial charge in [0.15, 0.2) is 0 Å². The van der Waals surface area contributed by atoms with Gasteiger partial charge in [0.05, 0.1) is 23.3 Å². The lowest BCUT2D eigenvalue weighted by Crippen LogP contribution is -2.27. The van der Waals surface area contributed by atoms with E-state index in [0.717, 1.165) is 16.9 Å². The lowest BCUT2D eigenvalue weighted by Gasteiger charge is -2.16. The average molecular weight is 291 g/mol. The molecule has 0 aliphatic heterocycles. The highest BCUT2D eigenvalue weighted by atomic mass is 32.2. The van der Waals surface area contributed by atoms with Gasteiger partial charge in [-0.1, -0.05) is 32.9 Å². The van der Waals surface area contributed by atoms with Crippen molar-refractivity contribution in [3.63, 3.8) is 0 Å². The van der Waals surface area contributed by atoms with Crippen molar-refractivity contribution in [1.29, 1.82) is 0 Å². The molecule has 0 radical (unpaired) electrons. The lowest BCUT2D eigenvalue weighted by atomic mass is 10.3. The highest BCUT2D eigenvalue weighted by Crippen LogP contribution is 2.22. The number of amides is 1. The zero-order chi connectivity index (χ0) is 14.8. The highest BCUT2D eigenvalue weighted by molar-refractivity contribution is 8.01. The lowest BCUT2D eigenvalue weighted by molar-refractivity contribution is -0.118. The second-order valence-electron chi connectivity index (χ2n) is 5.75. The molecule has 1 heterocycles. The maximum Gasteiger partial charge on any atom is 0.230 e. The van der Waals surface area contributed by atoms with E-state index >= 15 is 0 Å². The summed E-state index contributed by atoms with van der Waals surface area (Å²) in [5.74, 6) is 1.41. The normalized spacial score (nSPS) is 11.8. The molecule has 0 unspecified atom stereocenters. The number of nitrogens with zero attached hydrogens (tertiary/aromatic N) is 2. The van der Waals surface area contributed by atoms with Crippen LogP contribution in [0.15, 0.2) is 24.3 Å². The molecule has 20 heavy (non-hydrogen) atoms. The van der Waals surface area contributed by atoms with E-state index in [4.69, 9.17) is 0 Å². The molecule has 1 amide bonds. The quantitative estimate of drug-likeness (QED) is 0.942. The van der Waals surface area contributed by atoms with Crippen LogP contribution in [0.4, 0.5) is 0 Å². The number of nitrogens with one attached hydrogen (secondary N) is 1. The van der Waals surface area contributed by atoms with Crippen LogP contribution in [-0.4, -0.2) is 26.0 Å². The Hall–Kier alpha value is -1.49. The molecule has 1 N–H and O–H groups in total. The van der Waals surface area contributed by atoms with Crippen molar-refractivity contribution >= 4 is 28.7 Å². The first kappa shape index (κ1) is 14.9. The zero-order valence-corrected chi connectivity index (χ0v) is 13.3. The molecule has 2 aromatic rings. The number of para-hydroxylation sites is 2. The number of rotatable bonds is 4. The number of carbonyl (C=O) groups is 1. The fourth-order valence-electron chi connectivity index (χ4n) is 1.86. The second-order valence-corrected chi connectivity index (χ2v) is 7.56. The Morgan fingerprint density at radius 1 is 1.35 bits per heavy atom. The van der Waals surface area contributed by atoms with Gasteiger partial charge in [0.25, 0.3) is 0 Å². The molecule has 5 heteroatoms. The van der Waals surface area contributed by atoms with Crippen LogP contribution < -0.4 is 5.32 Å². The van der Waals surface area contributed by atoms with E-state index in [0.29, 0.717) is 12.3 Å². The fraction of sp³-hybridized carbons (Fsp3) is 0.467. The second kappa shape index (κ2) is 5.87. The Morgan fingerprint density at radius 2 is 2.05 bits per heavy atom. The van der Waals surface area contributed by atoms with E-state index in [-0.39, 0.29) is 10.7 Å². The van der Waals surface area contributed by atoms with Gasteiger partial charge in [0, 0.05) is 11.8 Å². The molecular weight excluding hydrogens is 270 g/mol. The largest absolute Gasteiger partial charge is 0.348 e. The number of hydrogen-bond donors (Lipinski definition) is 1. The van der Waals surface area contributed by atoms with Crippen LogP contribution in [0.3, 0.4) is 0 Å². The van der Waals surface area contributed by atoms with Gasteiger partial charge >= 0.3 is 0 Å². The molecular formula is C15H21N3OS. The fourth-order valence-corrected chi connectivity index (χ4v) is 2.53. The van der Waals surface area contributed by atoms with Crippen LogP contribution in [-0.2, 0) is 18.4 Å². The summed E-state index contributed by atoms with van der Waals surface area (Å²) in [6.07, 6.45) is 0. The SMILES string of the molecule is Cn1c(CNC(=O)CSC(C)(C)C)nc2ccccc21. The first-order valence-electron chi connectivity index (χ1n) is 6.68. The monoisotopic (exact) mass is 291 g/mol. The summed E-state index contributed by atoms with van der Waals surface area (Å²) < 4.78 is 2.13. The van der Waals surface area contributed by atoms with E-state index in [2.05, 4.69) is 31.1 Å². The van der Waals surface area contributed by atoms with Crippen LogP contribution in [0.2, 0.25) is 0 Å². The Kier molecular flexibility index (Phi) is 4.38. The molecule has 1 aromatic carbocycles. The van der Waals surface area contributed by atoms with E-state index in [1.165, 1.54) is 0 Å². The van der Waals surface area contributed by atoms with Gasteiger partial charge < -0.3 is 9.88 Å². The van der Waals surface area contributed by atoms with Crippen LogP contribution in [0.5, 0.6) is 0 Å². The van der Waals surface area contributed by atoms with Crippen molar-refractivity contribution in [2.24, 2.45) is 7.05 Å². The molecule has 0 aliphatic carbocycles. The summed E-state index contributed by atoms with van der Waals surface area (Å²) in [5, 5.41) is 2.93. The Morgan fingerprint density at radius 3 is 2.70 bits per heavy atom. The molecule has 0 saturated carbocycles. The zero-order valence-electron chi connectivity index (χ0n) is 12.4. The molecule has 0 bridgehead atoms. The molecule has 0 saturated heterocycles. The van der Waals surface area contributed by atoms with Crippen LogP contribution in [0, 0.1) is 0 Å². The highest BCUT2D eigenvalue weighted by Gasteiger charge is 2.14. The van der Waals surface area contributed by atoms with Crippen LogP contribution in [0.1, 0.15) is 26.6 Å². The molecule has 0 spiro atoms. The Labute approximate surface area is 124 Å². The van der Waals surface area contributed by atoms with Crippen molar-refractivity contribution in [3.8, 4) is 0 Å². The number of benzene rings is 1. The first-order chi connectivity index (χ1) is 9.37. The van der Waals surface area contributed by atoms with E-state index < -0.39 is 0 Å². The third-order valence-electron chi connectivity index (χ3n) is 2.96. The first-order valence-corrected chi connectivity index (χ1v) is 7.66. The minimum absolute atomic E-state index is 0.0528. The van der Waals surface area contributed by atoms with Crippen LogP contribution >= 0.6 is 11.8 Å². The molecule has 0 aliphatic rings. The standard InChI is InChI=1S/C15H21N3OS/c1-15(2,3)20-10-14(19)16-9-13-17-11-7-5-6-8-12(11)18(13)4/h5-8H,9-10H2,1-4H3,(H,16,19). The minimum atomic E-state index is 0.0528. The van der Waals surface area contributed by atoms with Gasteiger partial charge in [-0.2, -0.15) is 0 Å². The van der Waals surface area contributed by atoms with Gasteiger partial charge in [-0.05, 0) is 12.1 Å². The van der Waals surface area contributed by atoms with Gasteiger partial charge in [0.1, 0.15) is 5.82 Å². The van der Waals surface area contributed by atoms with Gasteiger partial charge in [0.2, 0.25) is 5.91 Å². The predicted octanol–water partition coefficient (Wildman–Crippen LogP) is 2.72.